The number of benzene rings is 1. The Bertz CT molecular complexity index is 845. The number of hydrogen-bond donors (Lipinski definition) is 1. The van der Waals surface area contributed by atoms with E-state index in [9.17, 15) is 9.59 Å². The monoisotopic (exact) mass is 368 g/mol. The van der Waals surface area contributed by atoms with E-state index in [0.29, 0.717) is 13.0 Å². The SMILES string of the molecule is COC(=O)CCCCCNC(=O)c1c2c(nc3ccc(C)cc13)CCCC2. The van der Waals surface area contributed by atoms with Gasteiger partial charge in [0, 0.05) is 24.0 Å². The number of carbonyl (C=O) groups excluding carboxylic acids is 2. The Hall–Kier alpha value is -2.43. The van der Waals surface area contributed by atoms with Gasteiger partial charge in [0.15, 0.2) is 0 Å². The second kappa shape index (κ2) is 8.98. The van der Waals surface area contributed by atoms with Crippen LogP contribution in [0.3, 0.4) is 0 Å². The minimum atomic E-state index is -0.177. The highest BCUT2D eigenvalue weighted by atomic mass is 16.5. The topological polar surface area (TPSA) is 68.3 Å². The van der Waals surface area contributed by atoms with Crippen LogP contribution in [0.4, 0.5) is 0 Å². The molecule has 5 heteroatoms. The third-order valence-corrected chi connectivity index (χ3v) is 5.22. The summed E-state index contributed by atoms with van der Waals surface area (Å²) in [7, 11) is 1.41. The zero-order valence-corrected chi connectivity index (χ0v) is 16.3. The van der Waals surface area contributed by atoms with Gasteiger partial charge < -0.3 is 10.1 Å². The number of nitrogens with zero attached hydrogens (tertiary/aromatic N) is 1. The van der Waals surface area contributed by atoms with Crippen LogP contribution in [0.5, 0.6) is 0 Å². The van der Waals surface area contributed by atoms with Crippen molar-refractivity contribution in [3.05, 3.63) is 40.6 Å². The highest BCUT2D eigenvalue weighted by Gasteiger charge is 2.22. The van der Waals surface area contributed by atoms with Gasteiger partial charge in [0.05, 0.1) is 18.2 Å². The molecule has 1 heterocycles. The zero-order valence-electron chi connectivity index (χ0n) is 16.3. The molecular weight excluding hydrogens is 340 g/mol. The van der Waals surface area contributed by atoms with Crippen LogP contribution in [-0.4, -0.2) is 30.5 Å². The number of esters is 1. The highest BCUT2D eigenvalue weighted by Crippen LogP contribution is 2.29. The number of unbranched alkanes of at least 4 members (excludes halogenated alkanes) is 2. The summed E-state index contributed by atoms with van der Waals surface area (Å²) in [6.45, 7) is 2.66. The number of hydrogen-bond acceptors (Lipinski definition) is 4. The van der Waals surface area contributed by atoms with Crippen LogP contribution in [0, 0.1) is 6.92 Å². The molecule has 0 saturated heterocycles. The Balaban J connectivity index is 1.72. The number of amides is 1. The molecule has 0 aliphatic heterocycles. The molecule has 0 radical (unpaired) electrons. The first kappa shape index (κ1) is 19.3. The van der Waals surface area contributed by atoms with Crippen LogP contribution < -0.4 is 5.32 Å². The standard InChI is InChI=1S/C22H28N2O3/c1-15-11-12-19-17(14-15)21(16-8-5-6-9-18(16)24-19)22(26)23-13-7-3-4-10-20(25)27-2/h11-12,14H,3-10,13H2,1-2H3,(H,23,26). The lowest BCUT2D eigenvalue weighted by Crippen LogP contribution is -2.27. The lowest BCUT2D eigenvalue weighted by molar-refractivity contribution is -0.140. The van der Waals surface area contributed by atoms with Gasteiger partial charge in [0.25, 0.3) is 5.91 Å². The molecule has 0 atom stereocenters. The van der Waals surface area contributed by atoms with Crippen molar-refractivity contribution >= 4 is 22.8 Å². The van der Waals surface area contributed by atoms with Gasteiger partial charge in [-0.15, -0.1) is 0 Å². The fraction of sp³-hybridized carbons (Fsp3) is 0.500. The average molecular weight is 368 g/mol. The molecule has 27 heavy (non-hydrogen) atoms. The predicted molar refractivity (Wildman–Crippen MR) is 106 cm³/mol. The van der Waals surface area contributed by atoms with Gasteiger partial charge in [-0.3, -0.25) is 14.6 Å². The Morgan fingerprint density at radius 2 is 1.96 bits per heavy atom. The second-order valence-corrected chi connectivity index (χ2v) is 7.28. The van der Waals surface area contributed by atoms with E-state index in [1.54, 1.807) is 0 Å². The number of ether oxygens (including phenoxy) is 1. The van der Waals surface area contributed by atoms with Crippen LogP contribution in [0.2, 0.25) is 0 Å². The van der Waals surface area contributed by atoms with Gasteiger partial charge in [0.1, 0.15) is 0 Å². The van der Waals surface area contributed by atoms with Crippen LogP contribution in [0.15, 0.2) is 18.2 Å². The van der Waals surface area contributed by atoms with Crippen molar-refractivity contribution in [1.82, 2.24) is 10.3 Å². The van der Waals surface area contributed by atoms with Gasteiger partial charge in [-0.05, 0) is 63.1 Å². The Morgan fingerprint density at radius 1 is 1.15 bits per heavy atom. The van der Waals surface area contributed by atoms with Crippen molar-refractivity contribution in [2.45, 2.75) is 58.3 Å². The van der Waals surface area contributed by atoms with Crippen molar-refractivity contribution in [3.8, 4) is 0 Å². The second-order valence-electron chi connectivity index (χ2n) is 7.28. The van der Waals surface area contributed by atoms with E-state index in [-0.39, 0.29) is 11.9 Å². The summed E-state index contributed by atoms with van der Waals surface area (Å²) in [5, 5.41) is 4.04. The first-order chi connectivity index (χ1) is 13.1. The first-order valence-corrected chi connectivity index (χ1v) is 9.87. The summed E-state index contributed by atoms with van der Waals surface area (Å²) < 4.78 is 4.64. The summed E-state index contributed by atoms with van der Waals surface area (Å²) in [6.07, 6.45) is 7.09. The molecule has 0 fully saturated rings. The number of fused-ring (bicyclic) bond motifs is 2. The average Bonchev–Trinajstić information content (AvgIpc) is 2.68. The lowest BCUT2D eigenvalue weighted by atomic mass is 9.89. The number of rotatable bonds is 7. The molecule has 1 amide bonds. The Kier molecular flexibility index (Phi) is 6.43. The summed E-state index contributed by atoms with van der Waals surface area (Å²) in [6, 6.07) is 6.14. The quantitative estimate of drug-likeness (QED) is 0.595. The molecule has 1 aromatic carbocycles. The minimum Gasteiger partial charge on any atom is -0.469 e. The van der Waals surface area contributed by atoms with E-state index in [2.05, 4.69) is 16.1 Å². The molecular formula is C22H28N2O3. The van der Waals surface area contributed by atoms with Crippen molar-refractivity contribution in [1.29, 1.82) is 0 Å². The van der Waals surface area contributed by atoms with Gasteiger partial charge in [-0.25, -0.2) is 0 Å². The molecule has 1 aromatic heterocycles. The summed E-state index contributed by atoms with van der Waals surface area (Å²) in [5.74, 6) is -0.177. The maximum absolute atomic E-state index is 13.0. The number of pyridine rings is 1. The largest absolute Gasteiger partial charge is 0.469 e. The number of nitrogens with one attached hydrogen (secondary N) is 1. The maximum Gasteiger partial charge on any atom is 0.305 e. The van der Waals surface area contributed by atoms with Crippen LogP contribution >= 0.6 is 0 Å². The number of aromatic nitrogens is 1. The lowest BCUT2D eigenvalue weighted by Gasteiger charge is -2.20. The molecule has 0 saturated carbocycles. The molecule has 1 N–H and O–H groups in total. The van der Waals surface area contributed by atoms with Crippen molar-refractivity contribution in [3.63, 3.8) is 0 Å². The Labute approximate surface area is 160 Å². The maximum atomic E-state index is 13.0. The van der Waals surface area contributed by atoms with E-state index < -0.39 is 0 Å². The van der Waals surface area contributed by atoms with Gasteiger partial charge in [-0.2, -0.15) is 0 Å². The number of carbonyl (C=O) groups is 2. The van der Waals surface area contributed by atoms with Gasteiger partial charge in [-0.1, -0.05) is 18.1 Å². The summed E-state index contributed by atoms with van der Waals surface area (Å²) in [5.41, 5.74) is 5.07. The van der Waals surface area contributed by atoms with Crippen LogP contribution in [0.25, 0.3) is 10.9 Å². The summed E-state index contributed by atoms with van der Waals surface area (Å²) >= 11 is 0. The van der Waals surface area contributed by atoms with E-state index in [4.69, 9.17) is 4.98 Å². The highest BCUT2D eigenvalue weighted by molar-refractivity contribution is 6.07. The van der Waals surface area contributed by atoms with Gasteiger partial charge >= 0.3 is 5.97 Å². The molecule has 2 aromatic rings. The molecule has 1 aliphatic carbocycles. The van der Waals surface area contributed by atoms with E-state index in [1.165, 1.54) is 7.11 Å². The van der Waals surface area contributed by atoms with Crippen molar-refractivity contribution in [2.75, 3.05) is 13.7 Å². The molecule has 144 valence electrons. The molecule has 5 nitrogen and oxygen atoms in total. The smallest absolute Gasteiger partial charge is 0.305 e. The minimum absolute atomic E-state index is 0.000817. The van der Waals surface area contributed by atoms with Gasteiger partial charge in [0.2, 0.25) is 0 Å². The fourth-order valence-electron chi connectivity index (χ4n) is 3.76. The third-order valence-electron chi connectivity index (χ3n) is 5.22. The molecule has 3 rings (SSSR count). The normalized spacial score (nSPS) is 13.3. The predicted octanol–water partition coefficient (Wildman–Crippen LogP) is 3.89. The molecule has 0 unspecified atom stereocenters. The number of aryl methyl sites for hydroxylation is 2. The molecule has 1 aliphatic rings. The summed E-state index contributed by atoms with van der Waals surface area (Å²) in [4.78, 5) is 29.0. The van der Waals surface area contributed by atoms with E-state index in [0.717, 1.165) is 78.2 Å². The van der Waals surface area contributed by atoms with E-state index in [1.807, 2.05) is 19.1 Å². The van der Waals surface area contributed by atoms with Crippen LogP contribution in [0.1, 0.15) is 65.7 Å². The molecule has 0 bridgehead atoms. The van der Waals surface area contributed by atoms with Crippen LogP contribution in [-0.2, 0) is 22.4 Å². The fourth-order valence-corrected chi connectivity index (χ4v) is 3.76. The first-order valence-electron chi connectivity index (χ1n) is 9.87. The third kappa shape index (κ3) is 4.65. The van der Waals surface area contributed by atoms with E-state index >= 15 is 0 Å². The van der Waals surface area contributed by atoms with Crippen molar-refractivity contribution < 1.29 is 14.3 Å². The number of methoxy groups -OCH3 is 1. The Morgan fingerprint density at radius 3 is 2.78 bits per heavy atom. The van der Waals surface area contributed by atoms with Crippen molar-refractivity contribution in [2.24, 2.45) is 0 Å². The molecule has 0 spiro atoms. The zero-order chi connectivity index (χ0) is 19.2.